The Balaban J connectivity index is 1.84. The summed E-state index contributed by atoms with van der Waals surface area (Å²) in [7, 11) is 0. The van der Waals surface area contributed by atoms with Crippen LogP contribution in [0.3, 0.4) is 0 Å². The highest BCUT2D eigenvalue weighted by molar-refractivity contribution is 5.06. The summed E-state index contributed by atoms with van der Waals surface area (Å²) < 4.78 is 5.43. The molecule has 1 atom stereocenters. The highest BCUT2D eigenvalue weighted by atomic mass is 16.5. The molecule has 2 nitrogen and oxygen atoms in total. The van der Waals surface area contributed by atoms with E-state index in [1.165, 1.54) is 32.1 Å². The highest BCUT2D eigenvalue weighted by Gasteiger charge is 2.29. The van der Waals surface area contributed by atoms with Crippen molar-refractivity contribution in [2.45, 2.75) is 51.6 Å². The number of rotatable bonds is 3. The molecule has 2 heteroatoms. The summed E-state index contributed by atoms with van der Waals surface area (Å²) in [5.74, 6) is 2.18. The molecule has 0 spiro atoms. The molecule has 1 aliphatic heterocycles. The number of hydrogen-bond donors (Lipinski definition) is 1. The van der Waals surface area contributed by atoms with Gasteiger partial charge in [0.1, 0.15) is 11.9 Å². The quantitative estimate of drug-likeness (QED) is 0.776. The van der Waals surface area contributed by atoms with Crippen LogP contribution in [0.25, 0.3) is 0 Å². The minimum absolute atomic E-state index is 0.328. The van der Waals surface area contributed by atoms with Gasteiger partial charge in [0, 0.05) is 6.42 Å². The molecular weight excluding hydrogens is 188 g/mol. The predicted molar refractivity (Wildman–Crippen MR) is 60.4 cm³/mol. The summed E-state index contributed by atoms with van der Waals surface area (Å²) in [6, 6.07) is 0. The molecule has 86 valence electrons. The fraction of sp³-hybridized carbons (Fsp3) is 0.846. The van der Waals surface area contributed by atoms with Crippen molar-refractivity contribution < 1.29 is 9.84 Å². The molecule has 1 saturated carbocycles. The van der Waals surface area contributed by atoms with Crippen molar-refractivity contribution in [2.24, 2.45) is 11.8 Å². The SMILES string of the molecule is CCC1CCC(C(O)C2=CCCO2)CC1. The smallest absolute Gasteiger partial charge is 0.121 e. The molecule has 0 amide bonds. The molecule has 0 aromatic rings. The van der Waals surface area contributed by atoms with Crippen LogP contribution in [0.2, 0.25) is 0 Å². The van der Waals surface area contributed by atoms with Gasteiger partial charge in [-0.1, -0.05) is 26.2 Å². The second-order valence-corrected chi connectivity index (χ2v) is 4.88. The lowest BCUT2D eigenvalue weighted by atomic mass is 9.78. The lowest BCUT2D eigenvalue weighted by molar-refractivity contribution is 0.0511. The van der Waals surface area contributed by atoms with E-state index in [0.717, 1.165) is 24.7 Å². The Kier molecular flexibility index (Phi) is 3.68. The average Bonchev–Trinajstić information content (AvgIpc) is 2.82. The van der Waals surface area contributed by atoms with E-state index in [-0.39, 0.29) is 6.10 Å². The molecular formula is C13H22O2. The predicted octanol–water partition coefficient (Wildman–Crippen LogP) is 2.87. The third-order valence-corrected chi connectivity index (χ3v) is 3.94. The lowest BCUT2D eigenvalue weighted by Crippen LogP contribution is -2.27. The Morgan fingerprint density at radius 1 is 1.40 bits per heavy atom. The third kappa shape index (κ3) is 2.54. The van der Waals surface area contributed by atoms with Crippen molar-refractivity contribution in [2.75, 3.05) is 6.61 Å². The lowest BCUT2D eigenvalue weighted by Gasteiger charge is -2.31. The fourth-order valence-electron chi connectivity index (χ4n) is 2.79. The second-order valence-electron chi connectivity index (χ2n) is 4.88. The van der Waals surface area contributed by atoms with Gasteiger partial charge in [-0.05, 0) is 30.8 Å². The largest absolute Gasteiger partial charge is 0.495 e. The van der Waals surface area contributed by atoms with Crippen LogP contribution >= 0.6 is 0 Å². The molecule has 0 radical (unpaired) electrons. The Hall–Kier alpha value is -0.500. The van der Waals surface area contributed by atoms with Crippen molar-refractivity contribution in [3.63, 3.8) is 0 Å². The van der Waals surface area contributed by atoms with E-state index in [9.17, 15) is 5.11 Å². The maximum absolute atomic E-state index is 10.1. The van der Waals surface area contributed by atoms with Gasteiger partial charge in [-0.2, -0.15) is 0 Å². The Morgan fingerprint density at radius 3 is 2.67 bits per heavy atom. The van der Waals surface area contributed by atoms with Gasteiger partial charge in [0.05, 0.1) is 6.61 Å². The zero-order valence-corrected chi connectivity index (χ0v) is 9.61. The third-order valence-electron chi connectivity index (χ3n) is 3.94. The number of aliphatic hydroxyl groups excluding tert-OH is 1. The molecule has 2 aliphatic rings. The van der Waals surface area contributed by atoms with Gasteiger partial charge in [-0.25, -0.2) is 0 Å². The number of hydrogen-bond acceptors (Lipinski definition) is 2. The van der Waals surface area contributed by atoms with Crippen LogP contribution in [0, 0.1) is 11.8 Å². The molecule has 1 fully saturated rings. The van der Waals surface area contributed by atoms with E-state index < -0.39 is 0 Å². The first kappa shape index (κ1) is 11.0. The molecule has 0 saturated heterocycles. The van der Waals surface area contributed by atoms with Gasteiger partial charge in [0.25, 0.3) is 0 Å². The molecule has 1 aliphatic carbocycles. The van der Waals surface area contributed by atoms with E-state index in [1.807, 2.05) is 0 Å². The van der Waals surface area contributed by atoms with E-state index in [1.54, 1.807) is 0 Å². The van der Waals surface area contributed by atoms with Crippen LogP contribution in [0.1, 0.15) is 45.4 Å². The normalized spacial score (nSPS) is 33.3. The zero-order valence-electron chi connectivity index (χ0n) is 9.61. The van der Waals surface area contributed by atoms with Crippen molar-refractivity contribution in [1.82, 2.24) is 0 Å². The highest BCUT2D eigenvalue weighted by Crippen LogP contribution is 2.35. The van der Waals surface area contributed by atoms with Crippen molar-refractivity contribution >= 4 is 0 Å². The van der Waals surface area contributed by atoms with Gasteiger partial charge in [0.2, 0.25) is 0 Å². The van der Waals surface area contributed by atoms with Crippen LogP contribution in [0.5, 0.6) is 0 Å². The van der Waals surface area contributed by atoms with Crippen molar-refractivity contribution in [3.8, 4) is 0 Å². The first-order chi connectivity index (χ1) is 7.31. The summed E-state index contributed by atoms with van der Waals surface area (Å²) in [6.45, 7) is 3.03. The molecule has 1 unspecified atom stereocenters. The van der Waals surface area contributed by atoms with Gasteiger partial charge in [-0.3, -0.25) is 0 Å². The van der Waals surface area contributed by atoms with Crippen LogP contribution in [-0.4, -0.2) is 17.8 Å². The molecule has 1 heterocycles. The van der Waals surface area contributed by atoms with Gasteiger partial charge in [-0.15, -0.1) is 0 Å². The number of aliphatic hydroxyl groups is 1. The summed E-state index contributed by atoms with van der Waals surface area (Å²) in [6.07, 6.45) is 8.89. The average molecular weight is 210 g/mol. The van der Waals surface area contributed by atoms with E-state index >= 15 is 0 Å². The zero-order chi connectivity index (χ0) is 10.7. The minimum Gasteiger partial charge on any atom is -0.495 e. The molecule has 2 rings (SSSR count). The Bertz CT molecular complexity index is 227. The van der Waals surface area contributed by atoms with Crippen LogP contribution in [0.4, 0.5) is 0 Å². The second kappa shape index (κ2) is 5.02. The summed E-state index contributed by atoms with van der Waals surface area (Å²) >= 11 is 0. The number of ether oxygens (including phenoxy) is 1. The first-order valence-electron chi connectivity index (χ1n) is 6.32. The Labute approximate surface area is 92.3 Å². The van der Waals surface area contributed by atoms with Crippen molar-refractivity contribution in [1.29, 1.82) is 0 Å². The Morgan fingerprint density at radius 2 is 2.13 bits per heavy atom. The maximum Gasteiger partial charge on any atom is 0.121 e. The summed E-state index contributed by atoms with van der Waals surface area (Å²) in [4.78, 5) is 0. The standard InChI is InChI=1S/C13H22O2/c1-2-10-5-7-11(8-6-10)13(14)12-4-3-9-15-12/h4,10-11,13-14H,2-3,5-9H2,1H3. The minimum atomic E-state index is -0.328. The molecule has 1 N–H and O–H groups in total. The molecule has 0 aromatic carbocycles. The molecule has 0 bridgehead atoms. The van der Waals surface area contributed by atoms with Crippen molar-refractivity contribution in [3.05, 3.63) is 11.8 Å². The maximum atomic E-state index is 10.1. The van der Waals surface area contributed by atoms with Gasteiger partial charge >= 0.3 is 0 Å². The molecule has 15 heavy (non-hydrogen) atoms. The monoisotopic (exact) mass is 210 g/mol. The van der Waals surface area contributed by atoms with Crippen LogP contribution in [0.15, 0.2) is 11.8 Å². The topological polar surface area (TPSA) is 29.5 Å². The van der Waals surface area contributed by atoms with Crippen LogP contribution in [-0.2, 0) is 4.74 Å². The summed E-state index contributed by atoms with van der Waals surface area (Å²) in [5, 5.41) is 10.1. The first-order valence-corrected chi connectivity index (χ1v) is 6.32. The van der Waals surface area contributed by atoms with E-state index in [4.69, 9.17) is 4.74 Å². The summed E-state index contributed by atoms with van der Waals surface area (Å²) in [5.41, 5.74) is 0. The van der Waals surface area contributed by atoms with Crippen LogP contribution < -0.4 is 0 Å². The van der Waals surface area contributed by atoms with E-state index in [0.29, 0.717) is 5.92 Å². The van der Waals surface area contributed by atoms with Gasteiger partial charge < -0.3 is 9.84 Å². The molecule has 0 aromatic heterocycles. The fourth-order valence-corrected chi connectivity index (χ4v) is 2.79. The van der Waals surface area contributed by atoms with Gasteiger partial charge in [0.15, 0.2) is 0 Å². The van der Waals surface area contributed by atoms with E-state index in [2.05, 4.69) is 13.0 Å².